The molecule has 0 amide bonds. The van der Waals surface area contributed by atoms with Gasteiger partial charge in [0.15, 0.2) is 0 Å². The van der Waals surface area contributed by atoms with Gasteiger partial charge in [-0.2, -0.15) is 0 Å². The van der Waals surface area contributed by atoms with Crippen LogP contribution >= 0.6 is 0 Å². The average molecular weight is 328 g/mol. The molecule has 10 atom stereocenters. The lowest BCUT2D eigenvalue weighted by molar-refractivity contribution is -0.394. The first-order valence-corrected chi connectivity index (χ1v) is 9.62. The van der Waals surface area contributed by atoms with Gasteiger partial charge < -0.3 is 14.6 Å². The molecule has 2 heterocycles. The van der Waals surface area contributed by atoms with Crippen molar-refractivity contribution < 1.29 is 19.4 Å². The SMILES string of the molecule is C[C@]12CCC[C@]34C(=O)O[C@@H]5C[C@H]3[C@]3(C)[C@@H](C6OC=C[C@@]653)[C@](O)(C1)[C@H]24. The molecule has 4 nitrogen and oxygen atoms in total. The second kappa shape index (κ2) is 3.08. The van der Waals surface area contributed by atoms with Crippen LogP contribution < -0.4 is 0 Å². The average Bonchev–Trinajstić information content (AvgIpc) is 2.96. The summed E-state index contributed by atoms with van der Waals surface area (Å²) in [5, 5.41) is 11.9. The maximum atomic E-state index is 13.4. The Labute approximate surface area is 141 Å². The molecule has 24 heavy (non-hydrogen) atoms. The molecular weight excluding hydrogens is 304 g/mol. The Morgan fingerprint density at radius 1 is 1.29 bits per heavy atom. The highest BCUT2D eigenvalue weighted by molar-refractivity contribution is 5.82. The van der Waals surface area contributed by atoms with Gasteiger partial charge in [0.2, 0.25) is 0 Å². The number of carbonyl (C=O) groups excluding carboxylic acids is 1. The Bertz CT molecular complexity index is 761. The van der Waals surface area contributed by atoms with Gasteiger partial charge in [-0.1, -0.05) is 20.3 Å². The predicted octanol–water partition coefficient (Wildman–Crippen LogP) is 2.41. The lowest BCUT2D eigenvalue weighted by Crippen LogP contribution is -2.86. The van der Waals surface area contributed by atoms with E-state index < -0.39 is 11.0 Å². The lowest BCUT2D eigenvalue weighted by Gasteiger charge is -2.81. The number of hydrogen-bond donors (Lipinski definition) is 1. The van der Waals surface area contributed by atoms with Crippen LogP contribution in [-0.2, 0) is 14.3 Å². The Hall–Kier alpha value is -1.03. The molecule has 2 aliphatic heterocycles. The molecule has 4 heteroatoms. The summed E-state index contributed by atoms with van der Waals surface area (Å²) >= 11 is 0. The van der Waals surface area contributed by atoms with Crippen molar-refractivity contribution in [3.05, 3.63) is 12.3 Å². The van der Waals surface area contributed by atoms with Crippen molar-refractivity contribution in [1.29, 1.82) is 0 Å². The number of esters is 1. The molecule has 2 spiro atoms. The summed E-state index contributed by atoms with van der Waals surface area (Å²) in [5.74, 6) is 0.547. The van der Waals surface area contributed by atoms with Crippen LogP contribution in [0.3, 0.4) is 0 Å². The largest absolute Gasteiger partial charge is 0.497 e. The van der Waals surface area contributed by atoms with Crippen molar-refractivity contribution in [2.24, 2.45) is 39.4 Å². The first kappa shape index (κ1) is 13.2. The number of ether oxygens (including phenoxy) is 2. The maximum Gasteiger partial charge on any atom is 0.313 e. The molecule has 7 aliphatic rings. The molecule has 0 aromatic rings. The smallest absolute Gasteiger partial charge is 0.313 e. The summed E-state index contributed by atoms with van der Waals surface area (Å²) in [7, 11) is 0. The summed E-state index contributed by atoms with van der Waals surface area (Å²) in [5.41, 5.74) is -1.37. The second-order valence-electron chi connectivity index (χ2n) is 10.4. The monoisotopic (exact) mass is 328 g/mol. The topological polar surface area (TPSA) is 55.8 Å². The fourth-order valence-corrected chi connectivity index (χ4v) is 10.1. The molecule has 5 aliphatic carbocycles. The van der Waals surface area contributed by atoms with Gasteiger partial charge in [0.1, 0.15) is 12.2 Å². The molecule has 2 bridgehead atoms. The van der Waals surface area contributed by atoms with Gasteiger partial charge in [0.25, 0.3) is 0 Å². The third kappa shape index (κ3) is 0.820. The van der Waals surface area contributed by atoms with Gasteiger partial charge in [-0.05, 0) is 48.5 Å². The van der Waals surface area contributed by atoms with E-state index in [0.29, 0.717) is 5.92 Å². The van der Waals surface area contributed by atoms with Crippen molar-refractivity contribution in [2.45, 2.75) is 63.8 Å². The molecule has 5 saturated carbocycles. The van der Waals surface area contributed by atoms with E-state index in [9.17, 15) is 9.90 Å². The van der Waals surface area contributed by atoms with Crippen molar-refractivity contribution in [3.63, 3.8) is 0 Å². The third-order valence-electron chi connectivity index (χ3n) is 10.2. The van der Waals surface area contributed by atoms with Crippen LogP contribution in [0.2, 0.25) is 0 Å². The first-order valence-electron chi connectivity index (χ1n) is 9.62. The summed E-state index contributed by atoms with van der Waals surface area (Å²) < 4.78 is 12.2. The second-order valence-corrected chi connectivity index (χ2v) is 10.4. The first-order chi connectivity index (χ1) is 11.4. The number of fused-ring (bicyclic) bond motifs is 3. The van der Waals surface area contributed by atoms with Crippen molar-refractivity contribution in [3.8, 4) is 0 Å². The summed E-state index contributed by atoms with van der Waals surface area (Å²) in [4.78, 5) is 13.4. The highest BCUT2D eigenvalue weighted by Crippen LogP contribution is 2.90. The summed E-state index contributed by atoms with van der Waals surface area (Å²) in [6.07, 6.45) is 8.85. The quantitative estimate of drug-likeness (QED) is 0.694. The molecule has 1 N–H and O–H groups in total. The fourth-order valence-electron chi connectivity index (χ4n) is 10.1. The van der Waals surface area contributed by atoms with Gasteiger partial charge in [-0.15, -0.1) is 0 Å². The van der Waals surface area contributed by atoms with Crippen molar-refractivity contribution in [2.75, 3.05) is 0 Å². The normalized spacial score (nSPS) is 72.1. The Balaban J connectivity index is 1.57. The summed E-state index contributed by atoms with van der Waals surface area (Å²) in [6, 6.07) is 0. The summed E-state index contributed by atoms with van der Waals surface area (Å²) in [6.45, 7) is 4.63. The number of hydrogen-bond acceptors (Lipinski definition) is 4. The van der Waals surface area contributed by atoms with E-state index in [0.717, 1.165) is 32.1 Å². The van der Waals surface area contributed by atoms with E-state index in [1.165, 1.54) is 0 Å². The van der Waals surface area contributed by atoms with E-state index in [1.54, 1.807) is 0 Å². The van der Waals surface area contributed by atoms with Crippen molar-refractivity contribution >= 4 is 5.97 Å². The zero-order chi connectivity index (χ0) is 16.3. The van der Waals surface area contributed by atoms with Gasteiger partial charge in [0.05, 0.1) is 22.7 Å². The van der Waals surface area contributed by atoms with Gasteiger partial charge >= 0.3 is 5.97 Å². The Kier molecular flexibility index (Phi) is 1.70. The third-order valence-corrected chi connectivity index (χ3v) is 10.2. The zero-order valence-corrected chi connectivity index (χ0v) is 14.2. The van der Waals surface area contributed by atoms with Gasteiger partial charge in [-0.3, -0.25) is 4.79 Å². The molecule has 6 fully saturated rings. The molecule has 0 aromatic carbocycles. The van der Waals surface area contributed by atoms with E-state index in [1.807, 2.05) is 6.26 Å². The molecule has 128 valence electrons. The van der Waals surface area contributed by atoms with Crippen LogP contribution in [0.25, 0.3) is 0 Å². The van der Waals surface area contributed by atoms with Gasteiger partial charge in [-0.25, -0.2) is 0 Å². The van der Waals surface area contributed by atoms with Crippen LogP contribution in [0.4, 0.5) is 0 Å². The molecule has 7 rings (SSSR count). The maximum absolute atomic E-state index is 13.4. The van der Waals surface area contributed by atoms with E-state index in [4.69, 9.17) is 9.47 Å². The predicted molar refractivity (Wildman–Crippen MR) is 83.5 cm³/mol. The zero-order valence-electron chi connectivity index (χ0n) is 14.2. The minimum atomic E-state index is -0.751. The number of rotatable bonds is 0. The van der Waals surface area contributed by atoms with Crippen LogP contribution in [0.5, 0.6) is 0 Å². The van der Waals surface area contributed by atoms with Crippen LogP contribution in [-0.4, -0.2) is 28.9 Å². The standard InChI is InChI=1S/C20H24O4/c1-16-4-3-5-18-10-8-11(24-15(18)21)19-6-7-23-13(19)12(17(10,19)2)20(22,9-16)14(16)18/h6-7,10-14,22H,3-5,8-9H2,1-2H3/t10-,11+,12+,13?,14+,16-,17+,18-,19-,20+/m0/s1. The molecule has 0 aromatic heterocycles. The Morgan fingerprint density at radius 3 is 2.96 bits per heavy atom. The Morgan fingerprint density at radius 2 is 2.12 bits per heavy atom. The molecule has 1 saturated heterocycles. The van der Waals surface area contributed by atoms with Crippen LogP contribution in [0.1, 0.15) is 46.0 Å². The van der Waals surface area contributed by atoms with Crippen molar-refractivity contribution in [1.82, 2.24) is 0 Å². The van der Waals surface area contributed by atoms with Gasteiger partial charge in [0, 0.05) is 11.8 Å². The fraction of sp³-hybridized carbons (Fsp3) is 0.850. The lowest BCUT2D eigenvalue weighted by atomic mass is 9.23. The number of aliphatic hydroxyl groups is 1. The number of carbonyl (C=O) groups is 1. The highest BCUT2D eigenvalue weighted by Gasteiger charge is 2.95. The molecular formula is C20H24O4. The minimum absolute atomic E-state index is 0.000278. The minimum Gasteiger partial charge on any atom is -0.497 e. The van der Waals surface area contributed by atoms with Crippen LogP contribution in [0.15, 0.2) is 12.3 Å². The van der Waals surface area contributed by atoms with E-state index in [2.05, 4.69) is 19.9 Å². The molecule has 0 radical (unpaired) electrons. The highest BCUT2D eigenvalue weighted by atomic mass is 16.6. The van der Waals surface area contributed by atoms with E-state index in [-0.39, 0.29) is 46.3 Å². The van der Waals surface area contributed by atoms with E-state index >= 15 is 0 Å². The molecule has 1 unspecified atom stereocenters. The van der Waals surface area contributed by atoms with Crippen LogP contribution in [0, 0.1) is 39.4 Å².